The standard InChI is InChI=1S/C23H25N3O3/c1-14-15(2)29-21-18(14)6-5-7-19(21)23(27)25-20(22-24-12-13-26(22)3)16-8-10-17(28-4)11-9-16/h5-15,20H,1-4H3,(H,25,27). The summed E-state index contributed by atoms with van der Waals surface area (Å²) in [7, 11) is 3.54. The van der Waals surface area contributed by atoms with Gasteiger partial charge in [-0.15, -0.1) is 0 Å². The highest BCUT2D eigenvalue weighted by atomic mass is 16.5. The Hall–Kier alpha value is -3.28. The van der Waals surface area contributed by atoms with Crippen LogP contribution in [0.25, 0.3) is 0 Å². The highest BCUT2D eigenvalue weighted by Crippen LogP contribution is 2.40. The number of carbonyl (C=O) groups is 1. The molecule has 0 radical (unpaired) electrons. The Bertz CT molecular complexity index is 1030. The van der Waals surface area contributed by atoms with Crippen molar-refractivity contribution in [1.82, 2.24) is 14.9 Å². The van der Waals surface area contributed by atoms with Crippen LogP contribution in [-0.4, -0.2) is 28.7 Å². The molecule has 0 saturated carbocycles. The fourth-order valence-corrected chi connectivity index (χ4v) is 3.72. The first-order valence-corrected chi connectivity index (χ1v) is 9.71. The minimum absolute atomic E-state index is 0.0471. The number of imidazole rings is 1. The van der Waals surface area contributed by atoms with Crippen LogP contribution in [0.3, 0.4) is 0 Å². The summed E-state index contributed by atoms with van der Waals surface area (Å²) >= 11 is 0. The lowest BCUT2D eigenvalue weighted by atomic mass is 9.96. The number of aryl methyl sites for hydroxylation is 1. The fourth-order valence-electron chi connectivity index (χ4n) is 3.72. The first-order valence-electron chi connectivity index (χ1n) is 9.71. The molecule has 2 aromatic carbocycles. The number of rotatable bonds is 5. The van der Waals surface area contributed by atoms with Crippen LogP contribution < -0.4 is 14.8 Å². The lowest BCUT2D eigenvalue weighted by Gasteiger charge is -2.20. The number of aromatic nitrogens is 2. The van der Waals surface area contributed by atoms with E-state index in [9.17, 15) is 4.79 Å². The maximum absolute atomic E-state index is 13.3. The van der Waals surface area contributed by atoms with Gasteiger partial charge in [0, 0.05) is 30.9 Å². The number of hydrogen-bond donors (Lipinski definition) is 1. The number of fused-ring (bicyclic) bond motifs is 1. The van der Waals surface area contributed by atoms with Gasteiger partial charge in [-0.3, -0.25) is 4.79 Å². The molecule has 1 aliphatic heterocycles. The van der Waals surface area contributed by atoms with Crippen molar-refractivity contribution in [2.45, 2.75) is 31.9 Å². The molecule has 6 nitrogen and oxygen atoms in total. The Kier molecular flexibility index (Phi) is 5.01. The van der Waals surface area contributed by atoms with Gasteiger partial charge < -0.3 is 19.4 Å². The molecule has 3 aromatic rings. The molecule has 2 heterocycles. The Morgan fingerprint density at radius 1 is 1.21 bits per heavy atom. The van der Waals surface area contributed by atoms with E-state index >= 15 is 0 Å². The molecule has 0 fully saturated rings. The maximum atomic E-state index is 13.3. The van der Waals surface area contributed by atoms with E-state index in [1.165, 1.54) is 0 Å². The normalized spacial score (nSPS) is 18.6. The van der Waals surface area contributed by atoms with Crippen LogP contribution >= 0.6 is 0 Å². The molecule has 4 rings (SSSR count). The molecule has 0 spiro atoms. The van der Waals surface area contributed by atoms with Gasteiger partial charge in [-0.25, -0.2) is 4.98 Å². The van der Waals surface area contributed by atoms with Crippen LogP contribution in [0.5, 0.6) is 11.5 Å². The molecule has 6 heteroatoms. The largest absolute Gasteiger partial charge is 0.497 e. The number of para-hydroxylation sites is 1. The summed E-state index contributed by atoms with van der Waals surface area (Å²) in [6, 6.07) is 13.0. The quantitative estimate of drug-likeness (QED) is 0.718. The highest BCUT2D eigenvalue weighted by Gasteiger charge is 2.32. The number of nitrogens with one attached hydrogen (secondary N) is 1. The zero-order chi connectivity index (χ0) is 20.5. The summed E-state index contributed by atoms with van der Waals surface area (Å²) < 4.78 is 13.2. The molecular formula is C23H25N3O3. The number of hydrogen-bond acceptors (Lipinski definition) is 4. The van der Waals surface area contributed by atoms with Crippen molar-refractivity contribution in [3.63, 3.8) is 0 Å². The minimum Gasteiger partial charge on any atom is -0.497 e. The second-order valence-corrected chi connectivity index (χ2v) is 7.41. The first kappa shape index (κ1) is 19.1. The van der Waals surface area contributed by atoms with E-state index in [0.29, 0.717) is 11.3 Å². The van der Waals surface area contributed by atoms with Gasteiger partial charge in [0.25, 0.3) is 5.91 Å². The summed E-state index contributed by atoms with van der Waals surface area (Å²) in [5.74, 6) is 2.25. The van der Waals surface area contributed by atoms with Crippen LogP contribution in [-0.2, 0) is 7.05 Å². The van der Waals surface area contributed by atoms with Gasteiger partial charge in [-0.05, 0) is 30.7 Å². The van der Waals surface area contributed by atoms with Crippen LogP contribution in [0.4, 0.5) is 0 Å². The Balaban J connectivity index is 1.69. The number of amides is 1. The predicted octanol–water partition coefficient (Wildman–Crippen LogP) is 3.83. The molecule has 3 atom stereocenters. The summed E-state index contributed by atoms with van der Waals surface area (Å²) in [6.45, 7) is 4.15. The van der Waals surface area contributed by atoms with Crippen molar-refractivity contribution in [3.05, 3.63) is 77.4 Å². The Morgan fingerprint density at radius 3 is 2.62 bits per heavy atom. The maximum Gasteiger partial charge on any atom is 0.255 e. The van der Waals surface area contributed by atoms with Crippen molar-refractivity contribution < 1.29 is 14.3 Å². The number of nitrogens with zero attached hydrogens (tertiary/aromatic N) is 2. The number of benzene rings is 2. The average molecular weight is 391 g/mol. The molecule has 0 bridgehead atoms. The van der Waals surface area contributed by atoms with Gasteiger partial charge in [0.15, 0.2) is 0 Å². The van der Waals surface area contributed by atoms with Gasteiger partial charge in [-0.1, -0.05) is 31.2 Å². The lowest BCUT2D eigenvalue weighted by molar-refractivity contribution is 0.0936. The average Bonchev–Trinajstić information content (AvgIpc) is 3.29. The van der Waals surface area contributed by atoms with E-state index < -0.39 is 6.04 Å². The number of methoxy groups -OCH3 is 1. The van der Waals surface area contributed by atoms with Crippen molar-refractivity contribution in [1.29, 1.82) is 0 Å². The van der Waals surface area contributed by atoms with Crippen molar-refractivity contribution in [3.8, 4) is 11.5 Å². The molecule has 1 aromatic heterocycles. The summed E-state index contributed by atoms with van der Waals surface area (Å²) in [6.07, 6.45) is 3.64. The van der Waals surface area contributed by atoms with Crippen LogP contribution in [0.2, 0.25) is 0 Å². The smallest absolute Gasteiger partial charge is 0.255 e. The first-order chi connectivity index (χ1) is 14.0. The lowest BCUT2D eigenvalue weighted by Crippen LogP contribution is -2.31. The van der Waals surface area contributed by atoms with E-state index in [1.54, 1.807) is 13.3 Å². The minimum atomic E-state index is -0.402. The summed E-state index contributed by atoms with van der Waals surface area (Å²) in [4.78, 5) is 17.7. The molecule has 0 saturated heterocycles. The molecule has 29 heavy (non-hydrogen) atoms. The zero-order valence-corrected chi connectivity index (χ0v) is 17.0. The Morgan fingerprint density at radius 2 is 1.97 bits per heavy atom. The Labute approximate surface area is 170 Å². The third kappa shape index (κ3) is 3.46. The summed E-state index contributed by atoms with van der Waals surface area (Å²) in [5.41, 5.74) is 2.54. The summed E-state index contributed by atoms with van der Waals surface area (Å²) in [5, 5.41) is 3.15. The molecule has 150 valence electrons. The number of carbonyl (C=O) groups excluding carboxylic acids is 1. The van der Waals surface area contributed by atoms with Gasteiger partial charge in [-0.2, -0.15) is 0 Å². The van der Waals surface area contributed by atoms with Gasteiger partial charge in [0.2, 0.25) is 0 Å². The predicted molar refractivity (Wildman–Crippen MR) is 110 cm³/mol. The van der Waals surface area contributed by atoms with Crippen LogP contribution in [0.15, 0.2) is 54.9 Å². The molecule has 1 amide bonds. The third-order valence-corrected chi connectivity index (χ3v) is 5.63. The topological polar surface area (TPSA) is 65.4 Å². The van der Waals surface area contributed by atoms with Crippen LogP contribution in [0, 0.1) is 0 Å². The second-order valence-electron chi connectivity index (χ2n) is 7.41. The van der Waals surface area contributed by atoms with Gasteiger partial charge >= 0.3 is 0 Å². The van der Waals surface area contributed by atoms with Gasteiger partial charge in [0.05, 0.1) is 12.7 Å². The van der Waals surface area contributed by atoms with Crippen molar-refractivity contribution in [2.24, 2.45) is 7.05 Å². The van der Waals surface area contributed by atoms with E-state index in [2.05, 4.69) is 17.2 Å². The molecule has 1 N–H and O–H groups in total. The van der Waals surface area contributed by atoms with E-state index in [1.807, 2.05) is 67.2 Å². The highest BCUT2D eigenvalue weighted by molar-refractivity contribution is 5.98. The van der Waals surface area contributed by atoms with E-state index in [4.69, 9.17) is 9.47 Å². The van der Waals surface area contributed by atoms with Crippen molar-refractivity contribution >= 4 is 5.91 Å². The monoisotopic (exact) mass is 391 g/mol. The molecule has 0 aliphatic carbocycles. The van der Waals surface area contributed by atoms with Crippen molar-refractivity contribution in [2.75, 3.05) is 7.11 Å². The molecule has 1 aliphatic rings. The SMILES string of the molecule is COc1ccc(C(NC(=O)c2cccc3c2OC(C)C3C)c2nccn2C)cc1. The van der Waals surface area contributed by atoms with E-state index in [0.717, 1.165) is 22.7 Å². The third-order valence-electron chi connectivity index (χ3n) is 5.63. The van der Waals surface area contributed by atoms with Crippen LogP contribution in [0.1, 0.15) is 53.1 Å². The molecular weight excluding hydrogens is 366 g/mol. The number of ether oxygens (including phenoxy) is 2. The van der Waals surface area contributed by atoms with E-state index in [-0.39, 0.29) is 17.9 Å². The molecule has 3 unspecified atom stereocenters. The second kappa shape index (κ2) is 7.62. The fraction of sp³-hybridized carbons (Fsp3) is 0.304. The zero-order valence-electron chi connectivity index (χ0n) is 17.0. The van der Waals surface area contributed by atoms with Gasteiger partial charge in [0.1, 0.15) is 29.5 Å².